The number of nitriles is 1. The predicted octanol–water partition coefficient (Wildman–Crippen LogP) is 5.56. The fourth-order valence-corrected chi connectivity index (χ4v) is 4.36. The molecule has 37 heavy (non-hydrogen) atoms. The van der Waals surface area contributed by atoms with Gasteiger partial charge in [-0.15, -0.1) is 0 Å². The second kappa shape index (κ2) is 11.7. The second-order valence-corrected chi connectivity index (χ2v) is 8.88. The number of esters is 1. The number of amides is 2. The molecular formula is C28H23ClFN3O4. The number of hydrogen-bond donors (Lipinski definition) is 1. The van der Waals surface area contributed by atoms with Crippen molar-refractivity contribution in [2.45, 2.75) is 25.5 Å². The van der Waals surface area contributed by atoms with Crippen LogP contribution in [0.25, 0.3) is 0 Å². The molecule has 3 aromatic rings. The maximum absolute atomic E-state index is 13.7. The third-order valence-corrected chi connectivity index (χ3v) is 6.27. The largest absolute Gasteiger partial charge is 0.497 e. The van der Waals surface area contributed by atoms with E-state index in [4.69, 9.17) is 26.3 Å². The predicted molar refractivity (Wildman–Crippen MR) is 136 cm³/mol. The summed E-state index contributed by atoms with van der Waals surface area (Å²) < 4.78 is 24.5. The van der Waals surface area contributed by atoms with Gasteiger partial charge in [0.05, 0.1) is 18.7 Å². The molecule has 0 spiro atoms. The van der Waals surface area contributed by atoms with Gasteiger partial charge in [0.15, 0.2) is 0 Å². The molecule has 0 saturated heterocycles. The van der Waals surface area contributed by atoms with E-state index in [0.29, 0.717) is 34.7 Å². The van der Waals surface area contributed by atoms with E-state index in [1.54, 1.807) is 37.4 Å². The summed E-state index contributed by atoms with van der Waals surface area (Å²) in [5.41, 5.74) is 2.31. The summed E-state index contributed by atoms with van der Waals surface area (Å²) in [6.45, 7) is -0.174. The van der Waals surface area contributed by atoms with Gasteiger partial charge in [-0.1, -0.05) is 41.9 Å². The van der Waals surface area contributed by atoms with E-state index in [0.717, 1.165) is 17.4 Å². The SMILES string of the molecule is COc1ccc(CCC2=NC(=O)NC(c3cccc(Cl)c3)C2C(=O)OCc2ccc(F)c(C#N)c2)cc1. The number of methoxy groups -OCH3 is 1. The number of rotatable bonds is 8. The van der Waals surface area contributed by atoms with Crippen LogP contribution in [0.15, 0.2) is 71.7 Å². The Balaban J connectivity index is 1.59. The monoisotopic (exact) mass is 519 g/mol. The summed E-state index contributed by atoms with van der Waals surface area (Å²) in [5, 5.41) is 12.3. The molecule has 4 rings (SSSR count). The molecule has 2 atom stereocenters. The lowest BCUT2D eigenvalue weighted by molar-refractivity contribution is -0.148. The second-order valence-electron chi connectivity index (χ2n) is 8.44. The van der Waals surface area contributed by atoms with E-state index in [1.807, 2.05) is 24.3 Å². The molecule has 0 saturated carbocycles. The summed E-state index contributed by atoms with van der Waals surface area (Å²) in [5.74, 6) is -1.45. The highest BCUT2D eigenvalue weighted by atomic mass is 35.5. The van der Waals surface area contributed by atoms with Crippen LogP contribution in [0, 0.1) is 23.1 Å². The molecule has 0 fully saturated rings. The standard InChI is InChI=1S/C28H23ClFN3O4/c1-36-22-9-5-17(6-10-22)8-12-24-25(26(33-28(35)32-24)19-3-2-4-21(29)14-19)27(34)37-16-18-7-11-23(30)20(13-18)15-31/h2-7,9-11,13-14,25-26H,8,12,16H2,1H3,(H,33,35). The Hall–Kier alpha value is -4.22. The van der Waals surface area contributed by atoms with E-state index < -0.39 is 29.8 Å². The topological polar surface area (TPSA) is 101 Å². The minimum Gasteiger partial charge on any atom is -0.497 e. The average Bonchev–Trinajstić information content (AvgIpc) is 2.91. The Morgan fingerprint density at radius 1 is 1.11 bits per heavy atom. The van der Waals surface area contributed by atoms with Gasteiger partial charge in [0.1, 0.15) is 30.2 Å². The van der Waals surface area contributed by atoms with Gasteiger partial charge in [-0.05, 0) is 65.9 Å². The van der Waals surface area contributed by atoms with E-state index in [9.17, 15) is 14.0 Å². The quantitative estimate of drug-likeness (QED) is 0.393. The first-order valence-electron chi connectivity index (χ1n) is 11.5. The highest BCUT2D eigenvalue weighted by Crippen LogP contribution is 2.31. The molecule has 0 aliphatic carbocycles. The number of aryl methyl sites for hydroxylation is 1. The molecule has 0 bridgehead atoms. The van der Waals surface area contributed by atoms with Crippen LogP contribution in [-0.4, -0.2) is 24.8 Å². The molecule has 1 aliphatic rings. The lowest BCUT2D eigenvalue weighted by Gasteiger charge is -2.31. The number of nitrogens with one attached hydrogen (secondary N) is 1. The lowest BCUT2D eigenvalue weighted by Crippen LogP contribution is -2.45. The summed E-state index contributed by atoms with van der Waals surface area (Å²) in [6, 6.07) is 18.8. The first-order valence-corrected chi connectivity index (χ1v) is 11.9. The zero-order valence-corrected chi connectivity index (χ0v) is 20.7. The van der Waals surface area contributed by atoms with Gasteiger partial charge in [0.2, 0.25) is 0 Å². The molecule has 1 N–H and O–H groups in total. The van der Waals surface area contributed by atoms with Crippen LogP contribution in [0.3, 0.4) is 0 Å². The Morgan fingerprint density at radius 3 is 2.57 bits per heavy atom. The normalized spacial score (nSPS) is 16.8. The first kappa shape index (κ1) is 25.9. The minimum absolute atomic E-state index is 0.142. The van der Waals surface area contributed by atoms with Gasteiger partial charge in [-0.25, -0.2) is 14.2 Å². The number of ether oxygens (including phenoxy) is 2. The van der Waals surface area contributed by atoms with Gasteiger partial charge in [-0.3, -0.25) is 4.79 Å². The van der Waals surface area contributed by atoms with Crippen LogP contribution in [0.4, 0.5) is 9.18 Å². The molecule has 188 valence electrons. The smallest absolute Gasteiger partial charge is 0.341 e. The number of aliphatic imine (C=N–C) groups is 1. The van der Waals surface area contributed by atoms with Crippen LogP contribution in [-0.2, 0) is 22.6 Å². The van der Waals surface area contributed by atoms with Crippen molar-refractivity contribution in [3.8, 4) is 11.8 Å². The number of benzene rings is 3. The van der Waals surface area contributed by atoms with E-state index in [-0.39, 0.29) is 12.2 Å². The first-order chi connectivity index (χ1) is 17.9. The number of urea groups is 1. The zero-order valence-electron chi connectivity index (χ0n) is 19.9. The van der Waals surface area contributed by atoms with Crippen molar-refractivity contribution in [3.05, 3.63) is 99.8 Å². The maximum atomic E-state index is 13.7. The van der Waals surface area contributed by atoms with Gasteiger partial charge >= 0.3 is 12.0 Å². The molecule has 3 aromatic carbocycles. The van der Waals surface area contributed by atoms with Crippen molar-refractivity contribution in [3.63, 3.8) is 0 Å². The van der Waals surface area contributed by atoms with Crippen molar-refractivity contribution in [1.82, 2.24) is 5.32 Å². The molecule has 0 aromatic heterocycles. The lowest BCUT2D eigenvalue weighted by atomic mass is 9.85. The Bertz CT molecular complexity index is 1380. The van der Waals surface area contributed by atoms with E-state index >= 15 is 0 Å². The van der Waals surface area contributed by atoms with Crippen molar-refractivity contribution in [1.29, 1.82) is 5.26 Å². The average molecular weight is 520 g/mol. The Labute approximate surface area is 218 Å². The minimum atomic E-state index is -0.912. The number of halogens is 2. The van der Waals surface area contributed by atoms with E-state index in [2.05, 4.69) is 10.3 Å². The third kappa shape index (κ3) is 6.32. The fraction of sp³-hybridized carbons (Fsp3) is 0.214. The molecule has 0 radical (unpaired) electrons. The van der Waals surface area contributed by atoms with Gasteiger partial charge in [0, 0.05) is 10.7 Å². The highest BCUT2D eigenvalue weighted by molar-refractivity contribution is 6.30. The highest BCUT2D eigenvalue weighted by Gasteiger charge is 2.39. The number of carbonyl (C=O) groups excluding carboxylic acids is 2. The van der Waals surface area contributed by atoms with Crippen molar-refractivity contribution in [2.24, 2.45) is 10.9 Å². The van der Waals surface area contributed by atoms with Crippen LogP contribution < -0.4 is 10.1 Å². The van der Waals surface area contributed by atoms with Crippen LogP contribution >= 0.6 is 11.6 Å². The molecule has 1 aliphatic heterocycles. The Morgan fingerprint density at radius 2 is 1.86 bits per heavy atom. The van der Waals surface area contributed by atoms with E-state index in [1.165, 1.54) is 12.1 Å². The van der Waals surface area contributed by atoms with Gasteiger partial charge in [0.25, 0.3) is 0 Å². The van der Waals surface area contributed by atoms with Crippen molar-refractivity contribution < 1.29 is 23.5 Å². The number of nitrogens with zero attached hydrogens (tertiary/aromatic N) is 2. The van der Waals surface area contributed by atoms with Crippen LogP contribution in [0.1, 0.15) is 34.7 Å². The molecule has 2 unspecified atom stereocenters. The number of hydrogen-bond acceptors (Lipinski definition) is 5. The summed E-state index contributed by atoms with van der Waals surface area (Å²) in [7, 11) is 1.59. The zero-order chi connectivity index (χ0) is 26.4. The Kier molecular flexibility index (Phi) is 8.16. The van der Waals surface area contributed by atoms with Gasteiger partial charge < -0.3 is 14.8 Å². The molecule has 2 amide bonds. The molecule has 7 nitrogen and oxygen atoms in total. The molecule has 1 heterocycles. The summed E-state index contributed by atoms with van der Waals surface area (Å²) in [6.07, 6.45) is 0.872. The number of carbonyl (C=O) groups is 2. The van der Waals surface area contributed by atoms with Crippen molar-refractivity contribution >= 4 is 29.3 Å². The summed E-state index contributed by atoms with van der Waals surface area (Å²) in [4.78, 5) is 30.1. The third-order valence-electron chi connectivity index (χ3n) is 6.04. The fourth-order valence-electron chi connectivity index (χ4n) is 4.16. The van der Waals surface area contributed by atoms with Crippen LogP contribution in [0.5, 0.6) is 5.75 Å². The maximum Gasteiger partial charge on any atom is 0.341 e. The van der Waals surface area contributed by atoms with Crippen molar-refractivity contribution in [2.75, 3.05) is 7.11 Å². The van der Waals surface area contributed by atoms with Crippen LogP contribution in [0.2, 0.25) is 5.02 Å². The molecular weight excluding hydrogens is 497 g/mol. The van der Waals surface area contributed by atoms with Gasteiger partial charge in [-0.2, -0.15) is 5.26 Å². The molecule has 9 heteroatoms. The summed E-state index contributed by atoms with van der Waals surface area (Å²) >= 11 is 6.19.